The van der Waals surface area contributed by atoms with Gasteiger partial charge in [-0.15, -0.1) is 0 Å². The van der Waals surface area contributed by atoms with Gasteiger partial charge in [-0.05, 0) is 86.4 Å². The summed E-state index contributed by atoms with van der Waals surface area (Å²) in [5.74, 6) is 0.212. The van der Waals surface area contributed by atoms with Gasteiger partial charge in [0.05, 0.1) is 0 Å². The van der Waals surface area contributed by atoms with Crippen LogP contribution >= 0.6 is 0 Å². The predicted molar refractivity (Wildman–Crippen MR) is 120 cm³/mol. The molecule has 2 fully saturated rings. The molecule has 1 spiro atoms. The first-order chi connectivity index (χ1) is 14.7. The average molecular weight is 405 g/mol. The van der Waals surface area contributed by atoms with Crippen LogP contribution in [0.5, 0.6) is 0 Å². The molecular weight excluding hydrogens is 372 g/mol. The molecule has 0 saturated carbocycles. The van der Waals surface area contributed by atoms with Crippen molar-refractivity contribution in [2.24, 2.45) is 5.41 Å². The number of hydrogen-bond acceptors (Lipinski definition) is 4. The van der Waals surface area contributed by atoms with Crippen molar-refractivity contribution in [3.05, 3.63) is 59.4 Å². The third-order valence-corrected chi connectivity index (χ3v) is 7.78. The Bertz CT molecular complexity index is 895. The quantitative estimate of drug-likeness (QED) is 0.845. The van der Waals surface area contributed by atoms with E-state index >= 15 is 0 Å². The van der Waals surface area contributed by atoms with Gasteiger partial charge in [0, 0.05) is 55.9 Å². The summed E-state index contributed by atoms with van der Waals surface area (Å²) < 4.78 is 0. The number of carbonyl (C=O) groups is 1. The summed E-state index contributed by atoms with van der Waals surface area (Å²) in [6.45, 7) is 3.99. The SMILES string of the molecule is CNC1CCc2ccc(C(=O)N3CCC4(CC3)CCN(c3ccncc3)CC4)cc21. The molecule has 1 aromatic carbocycles. The van der Waals surface area contributed by atoms with E-state index in [0.29, 0.717) is 11.5 Å². The summed E-state index contributed by atoms with van der Waals surface area (Å²) >= 11 is 0. The molecule has 1 unspecified atom stereocenters. The van der Waals surface area contributed by atoms with Gasteiger partial charge in [0.2, 0.25) is 0 Å². The number of nitrogens with zero attached hydrogens (tertiary/aromatic N) is 3. The van der Waals surface area contributed by atoms with Gasteiger partial charge in [-0.1, -0.05) is 6.07 Å². The second-order valence-electron chi connectivity index (χ2n) is 9.28. The molecule has 158 valence electrons. The third-order valence-electron chi connectivity index (χ3n) is 7.78. The fourth-order valence-electron chi connectivity index (χ4n) is 5.70. The Morgan fingerprint density at radius 3 is 2.43 bits per heavy atom. The second kappa shape index (κ2) is 8.03. The van der Waals surface area contributed by atoms with Crippen molar-refractivity contribution in [1.29, 1.82) is 0 Å². The Morgan fingerprint density at radius 1 is 1.03 bits per heavy atom. The van der Waals surface area contributed by atoms with Crippen LogP contribution in [0.15, 0.2) is 42.7 Å². The van der Waals surface area contributed by atoms with Crippen LogP contribution in [-0.2, 0) is 6.42 Å². The van der Waals surface area contributed by atoms with E-state index < -0.39 is 0 Å². The average Bonchev–Trinajstić information content (AvgIpc) is 3.23. The zero-order valence-corrected chi connectivity index (χ0v) is 17.9. The number of anilines is 1. The van der Waals surface area contributed by atoms with Crippen LogP contribution in [0.1, 0.15) is 59.6 Å². The molecule has 0 radical (unpaired) electrons. The van der Waals surface area contributed by atoms with Crippen molar-refractivity contribution >= 4 is 11.6 Å². The van der Waals surface area contributed by atoms with Crippen LogP contribution in [0, 0.1) is 5.41 Å². The van der Waals surface area contributed by atoms with Gasteiger partial charge >= 0.3 is 0 Å². The van der Waals surface area contributed by atoms with Crippen LogP contribution in [0.3, 0.4) is 0 Å². The number of likely N-dealkylation sites (tertiary alicyclic amines) is 1. The molecule has 1 atom stereocenters. The van der Waals surface area contributed by atoms with E-state index in [-0.39, 0.29) is 5.91 Å². The summed E-state index contributed by atoms with van der Waals surface area (Å²) in [6.07, 6.45) is 10.7. The Labute approximate surface area is 179 Å². The van der Waals surface area contributed by atoms with Crippen molar-refractivity contribution in [2.75, 3.05) is 38.1 Å². The lowest BCUT2D eigenvalue weighted by Gasteiger charge is -2.47. The number of carbonyl (C=O) groups excluding carboxylic acids is 1. The number of rotatable bonds is 3. The van der Waals surface area contributed by atoms with Crippen molar-refractivity contribution in [2.45, 2.75) is 44.6 Å². The predicted octanol–water partition coefficient (Wildman–Crippen LogP) is 3.81. The molecule has 5 rings (SSSR count). The number of aryl methyl sites for hydroxylation is 1. The van der Waals surface area contributed by atoms with Crippen LogP contribution in [-0.4, -0.2) is 49.0 Å². The zero-order valence-electron chi connectivity index (χ0n) is 17.9. The molecule has 1 N–H and O–H groups in total. The molecule has 5 nitrogen and oxygen atoms in total. The number of fused-ring (bicyclic) bond motifs is 1. The van der Waals surface area contributed by atoms with Crippen LogP contribution in [0.2, 0.25) is 0 Å². The molecule has 2 aliphatic heterocycles. The number of nitrogens with one attached hydrogen (secondary N) is 1. The monoisotopic (exact) mass is 404 g/mol. The van der Waals surface area contributed by atoms with Gasteiger partial charge in [0.25, 0.3) is 5.91 Å². The fraction of sp³-hybridized carbons (Fsp3) is 0.520. The van der Waals surface area contributed by atoms with E-state index in [0.717, 1.165) is 57.4 Å². The van der Waals surface area contributed by atoms with Crippen LogP contribution in [0.4, 0.5) is 5.69 Å². The minimum absolute atomic E-state index is 0.212. The first kappa shape index (κ1) is 19.6. The van der Waals surface area contributed by atoms with Gasteiger partial charge in [-0.25, -0.2) is 0 Å². The highest BCUT2D eigenvalue weighted by molar-refractivity contribution is 5.94. The van der Waals surface area contributed by atoms with Crippen molar-refractivity contribution in [3.8, 4) is 0 Å². The van der Waals surface area contributed by atoms with Gasteiger partial charge < -0.3 is 15.1 Å². The molecule has 30 heavy (non-hydrogen) atoms. The fourth-order valence-corrected chi connectivity index (χ4v) is 5.70. The van der Waals surface area contributed by atoms with Crippen LogP contribution in [0.25, 0.3) is 0 Å². The molecular formula is C25H32N4O. The smallest absolute Gasteiger partial charge is 0.253 e. The van der Waals surface area contributed by atoms with Crippen LogP contribution < -0.4 is 10.2 Å². The number of amides is 1. The van der Waals surface area contributed by atoms with Crippen molar-refractivity contribution in [3.63, 3.8) is 0 Å². The molecule has 5 heteroatoms. The lowest BCUT2D eigenvalue weighted by atomic mass is 9.71. The lowest BCUT2D eigenvalue weighted by Crippen LogP contribution is -2.48. The van der Waals surface area contributed by atoms with E-state index in [1.54, 1.807) is 0 Å². The van der Waals surface area contributed by atoms with E-state index in [4.69, 9.17) is 0 Å². The third kappa shape index (κ3) is 3.60. The highest BCUT2D eigenvalue weighted by atomic mass is 16.2. The van der Waals surface area contributed by atoms with E-state index in [1.165, 1.54) is 29.7 Å². The maximum Gasteiger partial charge on any atom is 0.253 e. The molecule has 2 aromatic rings. The normalized spacial score (nSPS) is 22.9. The Balaban J connectivity index is 1.20. The Hall–Kier alpha value is -2.40. The molecule has 1 aromatic heterocycles. The molecule has 3 heterocycles. The highest BCUT2D eigenvalue weighted by Gasteiger charge is 2.38. The maximum atomic E-state index is 13.2. The Kier molecular flexibility index (Phi) is 5.23. The highest BCUT2D eigenvalue weighted by Crippen LogP contribution is 2.42. The largest absolute Gasteiger partial charge is 0.371 e. The summed E-state index contributed by atoms with van der Waals surface area (Å²) in [5, 5.41) is 3.39. The Morgan fingerprint density at radius 2 is 1.73 bits per heavy atom. The maximum absolute atomic E-state index is 13.2. The standard InChI is InChI=1S/C25H32N4O/c1-26-23-5-4-19-2-3-20(18-22(19)23)24(30)29-16-10-25(11-17-29)8-14-28(15-9-25)21-6-12-27-13-7-21/h2-3,6-7,12-13,18,23,26H,4-5,8-11,14-17H2,1H3. The number of benzene rings is 1. The van der Waals surface area contributed by atoms with Crippen molar-refractivity contribution in [1.82, 2.24) is 15.2 Å². The van der Waals surface area contributed by atoms with Gasteiger partial charge in [0.15, 0.2) is 0 Å². The minimum Gasteiger partial charge on any atom is -0.371 e. The molecule has 1 amide bonds. The molecule has 0 bridgehead atoms. The summed E-state index contributed by atoms with van der Waals surface area (Å²) in [7, 11) is 2.01. The number of pyridine rings is 1. The topological polar surface area (TPSA) is 48.5 Å². The molecule has 2 saturated heterocycles. The lowest BCUT2D eigenvalue weighted by molar-refractivity contribution is 0.0515. The first-order valence-corrected chi connectivity index (χ1v) is 11.4. The van der Waals surface area contributed by atoms with Gasteiger partial charge in [-0.2, -0.15) is 0 Å². The molecule has 3 aliphatic rings. The summed E-state index contributed by atoms with van der Waals surface area (Å²) in [4.78, 5) is 21.9. The second-order valence-corrected chi connectivity index (χ2v) is 9.28. The number of piperidine rings is 2. The summed E-state index contributed by atoms with van der Waals surface area (Å²) in [5.41, 5.74) is 5.27. The van der Waals surface area contributed by atoms with E-state index in [9.17, 15) is 4.79 Å². The van der Waals surface area contributed by atoms with E-state index in [2.05, 4.69) is 44.4 Å². The van der Waals surface area contributed by atoms with Gasteiger partial charge in [-0.3, -0.25) is 9.78 Å². The van der Waals surface area contributed by atoms with Gasteiger partial charge in [0.1, 0.15) is 0 Å². The number of aromatic nitrogens is 1. The summed E-state index contributed by atoms with van der Waals surface area (Å²) in [6, 6.07) is 11.0. The minimum atomic E-state index is 0.212. The zero-order chi connectivity index (χ0) is 20.6. The van der Waals surface area contributed by atoms with E-state index in [1.807, 2.05) is 25.5 Å². The first-order valence-electron chi connectivity index (χ1n) is 11.4. The van der Waals surface area contributed by atoms with Crippen molar-refractivity contribution < 1.29 is 4.79 Å². The number of hydrogen-bond donors (Lipinski definition) is 1. The molecule has 1 aliphatic carbocycles.